The molecule has 136 valence electrons. The number of nitrogens with one attached hydrogen (secondary N) is 1. The predicted molar refractivity (Wildman–Crippen MR) is 95.4 cm³/mol. The predicted octanol–water partition coefficient (Wildman–Crippen LogP) is 2.76. The van der Waals surface area contributed by atoms with Crippen molar-refractivity contribution in [2.45, 2.75) is 39.2 Å². The zero-order chi connectivity index (χ0) is 18.2. The number of carbonyl (C=O) groups excluding carboxylic acids is 2. The molecule has 0 saturated heterocycles. The third-order valence-corrected chi connectivity index (χ3v) is 4.86. The van der Waals surface area contributed by atoms with E-state index in [1.807, 2.05) is 0 Å². The molecule has 0 radical (unpaired) electrons. The van der Waals surface area contributed by atoms with Gasteiger partial charge in [-0.25, -0.2) is 4.79 Å². The van der Waals surface area contributed by atoms with Gasteiger partial charge in [-0.2, -0.15) is 0 Å². The molecule has 0 aliphatic heterocycles. The number of benzene rings is 1. The number of hydrogen-bond donors (Lipinski definition) is 1. The van der Waals surface area contributed by atoms with E-state index in [4.69, 9.17) is 4.84 Å². The van der Waals surface area contributed by atoms with Gasteiger partial charge in [-0.3, -0.25) is 4.79 Å². The fourth-order valence-electron chi connectivity index (χ4n) is 3.05. The zero-order valence-corrected chi connectivity index (χ0v) is 15.0. The van der Waals surface area contributed by atoms with Crippen LogP contribution in [0.15, 0.2) is 29.4 Å². The van der Waals surface area contributed by atoms with Gasteiger partial charge in [0.25, 0.3) is 5.91 Å². The van der Waals surface area contributed by atoms with E-state index in [-0.39, 0.29) is 24.5 Å². The largest absolute Gasteiger partial charge is 0.465 e. The van der Waals surface area contributed by atoms with Crippen molar-refractivity contribution < 1.29 is 19.2 Å². The van der Waals surface area contributed by atoms with Gasteiger partial charge in [0.15, 0.2) is 6.61 Å². The van der Waals surface area contributed by atoms with Crippen molar-refractivity contribution in [3.05, 3.63) is 35.4 Å². The first-order chi connectivity index (χ1) is 12.0. The summed E-state index contributed by atoms with van der Waals surface area (Å²) >= 11 is 0. The van der Waals surface area contributed by atoms with Crippen LogP contribution in [0.2, 0.25) is 0 Å². The molecule has 1 fully saturated rings. The highest BCUT2D eigenvalue weighted by molar-refractivity contribution is 5.90. The second kappa shape index (κ2) is 9.20. The van der Waals surface area contributed by atoms with E-state index >= 15 is 0 Å². The molecule has 25 heavy (non-hydrogen) atoms. The molecule has 0 bridgehead atoms. The number of hydrogen-bond acceptors (Lipinski definition) is 5. The van der Waals surface area contributed by atoms with E-state index in [2.05, 4.69) is 29.1 Å². The topological polar surface area (TPSA) is 77.0 Å². The fourth-order valence-corrected chi connectivity index (χ4v) is 3.05. The number of ether oxygens (including phenoxy) is 1. The van der Waals surface area contributed by atoms with E-state index < -0.39 is 0 Å². The van der Waals surface area contributed by atoms with E-state index in [1.165, 1.54) is 19.7 Å². The number of oxime groups is 1. The smallest absolute Gasteiger partial charge is 0.337 e. The summed E-state index contributed by atoms with van der Waals surface area (Å²) in [7, 11) is 1.34. The van der Waals surface area contributed by atoms with Gasteiger partial charge in [-0.15, -0.1) is 0 Å². The summed E-state index contributed by atoms with van der Waals surface area (Å²) in [4.78, 5) is 28.4. The fraction of sp³-hybridized carbons (Fsp3) is 0.526. The quantitative estimate of drug-likeness (QED) is 0.488. The second-order valence-corrected chi connectivity index (χ2v) is 6.56. The Bertz CT molecular complexity index is 612. The third-order valence-electron chi connectivity index (χ3n) is 4.86. The Kier molecular flexibility index (Phi) is 6.98. The van der Waals surface area contributed by atoms with E-state index in [0.29, 0.717) is 17.4 Å². The first-order valence-corrected chi connectivity index (χ1v) is 8.64. The Hall–Kier alpha value is -2.37. The first kappa shape index (κ1) is 19.0. The van der Waals surface area contributed by atoms with Crippen molar-refractivity contribution >= 4 is 18.1 Å². The third kappa shape index (κ3) is 5.59. The highest BCUT2D eigenvalue weighted by Crippen LogP contribution is 2.29. The standard InChI is InChI=1S/C19H26N2O4/c1-13-5-4-6-17(14(13)2)21-18(22)12-25-20-11-15-7-9-16(10-8-15)19(23)24-3/h7-11,13-14,17H,4-6,12H2,1-3H3,(H,21,22)/b20-11-/t13-,14+,17+/m0/s1. The Balaban J connectivity index is 1.75. The molecule has 0 spiro atoms. The van der Waals surface area contributed by atoms with Gasteiger partial charge < -0.3 is 14.9 Å². The van der Waals surface area contributed by atoms with E-state index in [9.17, 15) is 9.59 Å². The minimum atomic E-state index is -0.386. The summed E-state index contributed by atoms with van der Waals surface area (Å²) in [6.45, 7) is 4.31. The molecular formula is C19H26N2O4. The Morgan fingerprint density at radius 2 is 1.96 bits per heavy atom. The van der Waals surface area contributed by atoms with Crippen molar-refractivity contribution in [2.75, 3.05) is 13.7 Å². The number of methoxy groups -OCH3 is 1. The van der Waals surface area contributed by atoms with Gasteiger partial charge in [0, 0.05) is 6.04 Å². The summed E-state index contributed by atoms with van der Waals surface area (Å²) in [5.74, 6) is 0.576. The Morgan fingerprint density at radius 3 is 2.64 bits per heavy atom. The lowest BCUT2D eigenvalue weighted by Gasteiger charge is -2.34. The molecule has 1 N–H and O–H groups in total. The molecule has 1 aromatic rings. The SMILES string of the molecule is COC(=O)c1ccc(/C=N\OCC(=O)N[C@@H]2CCC[C@H](C)[C@H]2C)cc1. The lowest BCUT2D eigenvalue weighted by atomic mass is 9.78. The van der Waals surface area contributed by atoms with Crippen LogP contribution in [0.4, 0.5) is 0 Å². The zero-order valence-electron chi connectivity index (χ0n) is 15.0. The summed E-state index contributed by atoms with van der Waals surface area (Å²) in [5.41, 5.74) is 1.23. The van der Waals surface area contributed by atoms with Crippen molar-refractivity contribution in [3.8, 4) is 0 Å². The van der Waals surface area contributed by atoms with Crippen molar-refractivity contribution in [1.29, 1.82) is 0 Å². The van der Waals surface area contributed by atoms with Gasteiger partial charge in [0.2, 0.25) is 0 Å². The summed E-state index contributed by atoms with van der Waals surface area (Å²) in [5, 5.41) is 6.84. The number of nitrogens with zero attached hydrogens (tertiary/aromatic N) is 1. The van der Waals surface area contributed by atoms with Crippen LogP contribution < -0.4 is 5.32 Å². The minimum Gasteiger partial charge on any atom is -0.465 e. The lowest BCUT2D eigenvalue weighted by Crippen LogP contribution is -2.44. The van der Waals surface area contributed by atoms with Crippen molar-refractivity contribution in [3.63, 3.8) is 0 Å². The number of esters is 1. The highest BCUT2D eigenvalue weighted by Gasteiger charge is 2.28. The van der Waals surface area contributed by atoms with Gasteiger partial charge in [0.05, 0.1) is 18.9 Å². The molecule has 3 atom stereocenters. The molecular weight excluding hydrogens is 320 g/mol. The molecule has 1 aromatic carbocycles. The van der Waals surface area contributed by atoms with Gasteiger partial charge in [0.1, 0.15) is 0 Å². The molecule has 2 rings (SSSR count). The van der Waals surface area contributed by atoms with E-state index in [1.54, 1.807) is 24.3 Å². The van der Waals surface area contributed by atoms with Crippen LogP contribution in [0.5, 0.6) is 0 Å². The number of amides is 1. The maximum absolute atomic E-state index is 12.0. The normalized spacial score (nSPS) is 23.2. The molecule has 1 amide bonds. The van der Waals surface area contributed by atoms with E-state index in [0.717, 1.165) is 18.4 Å². The molecule has 0 unspecified atom stereocenters. The highest BCUT2D eigenvalue weighted by atomic mass is 16.6. The van der Waals surface area contributed by atoms with Gasteiger partial charge in [-0.05, 0) is 36.0 Å². The molecule has 0 aromatic heterocycles. The molecule has 6 nitrogen and oxygen atoms in total. The molecule has 6 heteroatoms. The maximum Gasteiger partial charge on any atom is 0.337 e. The van der Waals surface area contributed by atoms with Gasteiger partial charge >= 0.3 is 5.97 Å². The molecule has 1 saturated carbocycles. The maximum atomic E-state index is 12.0. The van der Waals surface area contributed by atoms with Crippen LogP contribution >= 0.6 is 0 Å². The minimum absolute atomic E-state index is 0.103. The average Bonchev–Trinajstić information content (AvgIpc) is 2.62. The van der Waals surface area contributed by atoms with Crippen molar-refractivity contribution in [1.82, 2.24) is 5.32 Å². The van der Waals surface area contributed by atoms with Crippen LogP contribution in [-0.2, 0) is 14.4 Å². The van der Waals surface area contributed by atoms with Crippen LogP contribution in [0.25, 0.3) is 0 Å². The number of rotatable bonds is 6. The number of carbonyl (C=O) groups is 2. The molecule has 0 heterocycles. The van der Waals surface area contributed by atoms with Crippen LogP contribution in [0, 0.1) is 11.8 Å². The second-order valence-electron chi connectivity index (χ2n) is 6.56. The summed E-state index contributed by atoms with van der Waals surface area (Å²) in [6.07, 6.45) is 4.90. The first-order valence-electron chi connectivity index (χ1n) is 8.64. The Morgan fingerprint density at radius 1 is 1.24 bits per heavy atom. The molecule has 1 aliphatic carbocycles. The van der Waals surface area contributed by atoms with Crippen LogP contribution in [-0.4, -0.2) is 37.8 Å². The summed E-state index contributed by atoms with van der Waals surface area (Å²) < 4.78 is 4.64. The van der Waals surface area contributed by atoms with Crippen molar-refractivity contribution in [2.24, 2.45) is 17.0 Å². The van der Waals surface area contributed by atoms with Crippen LogP contribution in [0.3, 0.4) is 0 Å². The van der Waals surface area contributed by atoms with Crippen LogP contribution in [0.1, 0.15) is 49.0 Å². The summed E-state index contributed by atoms with van der Waals surface area (Å²) in [6, 6.07) is 6.96. The monoisotopic (exact) mass is 346 g/mol. The van der Waals surface area contributed by atoms with Gasteiger partial charge in [-0.1, -0.05) is 44.0 Å². The Labute approximate surface area is 148 Å². The average molecular weight is 346 g/mol. The molecule has 1 aliphatic rings. The lowest BCUT2D eigenvalue weighted by molar-refractivity contribution is -0.127.